The maximum absolute atomic E-state index is 13.4. The minimum absolute atomic E-state index is 0.0739. The zero-order chi connectivity index (χ0) is 29.5. The molecule has 5 rings (SSSR count). The Hall–Kier alpha value is -4.55. The fraction of sp³-hybridized carbons (Fsp3) is 0.241. The van der Waals surface area contributed by atoms with Gasteiger partial charge in [-0.2, -0.15) is 9.78 Å². The number of benzene rings is 3. The minimum atomic E-state index is -4.15. The highest BCUT2D eigenvalue weighted by atomic mass is 32.2. The lowest BCUT2D eigenvalue weighted by molar-refractivity contribution is -0.385. The van der Waals surface area contributed by atoms with Crippen LogP contribution in [-0.2, 0) is 10.0 Å². The van der Waals surface area contributed by atoms with Crippen molar-refractivity contribution in [2.24, 2.45) is 0 Å². The van der Waals surface area contributed by atoms with Crippen molar-refractivity contribution in [1.82, 2.24) is 14.5 Å². The summed E-state index contributed by atoms with van der Waals surface area (Å²) in [6, 6.07) is 16.1. The van der Waals surface area contributed by atoms with Crippen LogP contribution < -0.4 is 14.8 Å². The first-order chi connectivity index (χ1) is 19.4. The Morgan fingerprint density at radius 3 is 2.44 bits per heavy atom. The van der Waals surface area contributed by atoms with Crippen molar-refractivity contribution in [1.29, 1.82) is 0 Å². The second kappa shape index (κ2) is 10.8. The van der Waals surface area contributed by atoms with Crippen LogP contribution in [0.25, 0.3) is 5.69 Å². The summed E-state index contributed by atoms with van der Waals surface area (Å²) in [6.45, 7) is 7.40. The Labute approximate surface area is 237 Å². The SMILES string of the molecule is Cc1cccc(NC(=O)c2nn(-c3cccc(C)c3C)c(Oc3ccc([N+](=O)[O-])cc3S(=O)(=O)NC3CC3)c2C)c1. The molecule has 1 aliphatic carbocycles. The lowest BCUT2D eigenvalue weighted by Gasteiger charge is -2.15. The zero-order valence-corrected chi connectivity index (χ0v) is 23.8. The topological polar surface area (TPSA) is 145 Å². The zero-order valence-electron chi connectivity index (χ0n) is 23.0. The number of ether oxygens (including phenoxy) is 1. The number of hydrogen-bond acceptors (Lipinski definition) is 7. The molecule has 1 saturated carbocycles. The molecule has 4 aromatic rings. The summed E-state index contributed by atoms with van der Waals surface area (Å²) in [4.78, 5) is 23.8. The largest absolute Gasteiger partial charge is 0.437 e. The minimum Gasteiger partial charge on any atom is -0.437 e. The molecule has 41 heavy (non-hydrogen) atoms. The second-order valence-corrected chi connectivity index (χ2v) is 11.8. The van der Waals surface area contributed by atoms with Gasteiger partial charge in [0.15, 0.2) is 5.69 Å². The van der Waals surface area contributed by atoms with Gasteiger partial charge in [-0.25, -0.2) is 13.1 Å². The molecular weight excluding hydrogens is 546 g/mol. The van der Waals surface area contributed by atoms with Crippen LogP contribution >= 0.6 is 0 Å². The molecule has 1 heterocycles. The molecule has 0 saturated heterocycles. The maximum atomic E-state index is 13.4. The van der Waals surface area contributed by atoms with E-state index >= 15 is 0 Å². The number of sulfonamides is 1. The van der Waals surface area contributed by atoms with Gasteiger partial charge in [-0.1, -0.05) is 24.3 Å². The maximum Gasteiger partial charge on any atom is 0.276 e. The van der Waals surface area contributed by atoms with Gasteiger partial charge in [0, 0.05) is 29.4 Å². The third-order valence-corrected chi connectivity index (χ3v) is 8.44. The number of carbonyl (C=O) groups excluding carboxylic acids is 1. The van der Waals surface area contributed by atoms with Crippen LogP contribution in [0, 0.1) is 37.8 Å². The number of nitro groups is 1. The molecule has 0 atom stereocenters. The van der Waals surface area contributed by atoms with Crippen molar-refractivity contribution in [3.05, 3.63) is 98.7 Å². The third kappa shape index (κ3) is 5.83. The molecular formula is C29H29N5O6S. The number of nitro benzene ring substituents is 1. The second-order valence-electron chi connectivity index (χ2n) is 10.1. The quantitative estimate of drug-likeness (QED) is 0.198. The lowest BCUT2D eigenvalue weighted by atomic mass is 10.1. The summed E-state index contributed by atoms with van der Waals surface area (Å²) >= 11 is 0. The molecule has 0 radical (unpaired) electrons. The van der Waals surface area contributed by atoms with Gasteiger partial charge in [-0.05, 0) is 81.5 Å². The first kappa shape index (κ1) is 28.0. The van der Waals surface area contributed by atoms with Gasteiger partial charge in [0.1, 0.15) is 10.6 Å². The molecule has 1 amide bonds. The molecule has 2 N–H and O–H groups in total. The van der Waals surface area contributed by atoms with E-state index in [4.69, 9.17) is 4.74 Å². The van der Waals surface area contributed by atoms with Crippen LogP contribution in [0.2, 0.25) is 0 Å². The number of nitrogens with zero attached hydrogens (tertiary/aromatic N) is 3. The van der Waals surface area contributed by atoms with Gasteiger partial charge in [-0.3, -0.25) is 14.9 Å². The normalized spacial score (nSPS) is 13.2. The van der Waals surface area contributed by atoms with Crippen molar-refractivity contribution in [3.8, 4) is 17.3 Å². The van der Waals surface area contributed by atoms with Crippen molar-refractivity contribution in [3.63, 3.8) is 0 Å². The van der Waals surface area contributed by atoms with Crippen molar-refractivity contribution < 1.29 is 22.9 Å². The number of aromatic nitrogens is 2. The average Bonchev–Trinajstić information content (AvgIpc) is 3.67. The highest BCUT2D eigenvalue weighted by molar-refractivity contribution is 7.89. The van der Waals surface area contributed by atoms with E-state index in [0.29, 0.717) is 29.8 Å². The van der Waals surface area contributed by atoms with Crippen molar-refractivity contribution in [2.75, 3.05) is 5.32 Å². The smallest absolute Gasteiger partial charge is 0.276 e. The first-order valence-corrected chi connectivity index (χ1v) is 14.5. The Balaban J connectivity index is 1.64. The Morgan fingerprint density at radius 1 is 1.02 bits per heavy atom. The highest BCUT2D eigenvalue weighted by Gasteiger charge is 2.32. The number of aryl methyl sites for hydroxylation is 2. The summed E-state index contributed by atoms with van der Waals surface area (Å²) in [7, 11) is -4.15. The number of amides is 1. The lowest BCUT2D eigenvalue weighted by Crippen LogP contribution is -2.26. The average molecular weight is 576 g/mol. The van der Waals surface area contributed by atoms with Crippen LogP contribution in [0.4, 0.5) is 11.4 Å². The molecule has 1 fully saturated rings. The standard InChI is InChI=1S/C29H29N5O6S/c1-17-7-5-9-22(15-17)30-28(35)27-20(4)29(33(31-27)24-10-6-8-18(2)19(24)3)40-25-14-13-23(34(36)37)16-26(25)41(38,39)32-21-11-12-21/h5-10,13-16,21,32H,11-12H2,1-4H3,(H,30,35). The number of rotatable bonds is 9. The molecule has 12 heteroatoms. The van der Waals surface area contributed by atoms with E-state index in [0.717, 1.165) is 22.8 Å². The van der Waals surface area contributed by atoms with E-state index in [1.807, 2.05) is 57.2 Å². The monoisotopic (exact) mass is 575 g/mol. The summed E-state index contributed by atoms with van der Waals surface area (Å²) in [5, 5.41) is 18.9. The number of carbonyl (C=O) groups is 1. The Kier molecular flexibility index (Phi) is 7.37. The van der Waals surface area contributed by atoms with Gasteiger partial charge < -0.3 is 10.1 Å². The van der Waals surface area contributed by atoms with E-state index in [1.54, 1.807) is 13.0 Å². The summed E-state index contributed by atoms with van der Waals surface area (Å²) in [5.41, 5.74) is 4.06. The Morgan fingerprint density at radius 2 is 1.76 bits per heavy atom. The van der Waals surface area contributed by atoms with Gasteiger partial charge in [-0.15, -0.1) is 0 Å². The van der Waals surface area contributed by atoms with Crippen LogP contribution in [-0.4, -0.2) is 35.1 Å². The summed E-state index contributed by atoms with van der Waals surface area (Å²) in [6.07, 6.45) is 1.37. The molecule has 0 aliphatic heterocycles. The van der Waals surface area contributed by atoms with Gasteiger partial charge >= 0.3 is 0 Å². The predicted molar refractivity (Wildman–Crippen MR) is 153 cm³/mol. The van der Waals surface area contributed by atoms with Crippen LogP contribution in [0.15, 0.2) is 65.6 Å². The highest BCUT2D eigenvalue weighted by Crippen LogP contribution is 2.37. The summed E-state index contributed by atoms with van der Waals surface area (Å²) < 4.78 is 36.7. The molecule has 212 valence electrons. The van der Waals surface area contributed by atoms with Gasteiger partial charge in [0.25, 0.3) is 11.6 Å². The summed E-state index contributed by atoms with van der Waals surface area (Å²) in [5.74, 6) is -0.511. The van der Waals surface area contributed by atoms with Crippen LogP contribution in [0.3, 0.4) is 0 Å². The fourth-order valence-electron chi connectivity index (χ4n) is 4.35. The third-order valence-electron chi connectivity index (χ3n) is 6.90. The van der Waals surface area contributed by atoms with Crippen LogP contribution in [0.5, 0.6) is 11.6 Å². The predicted octanol–water partition coefficient (Wildman–Crippen LogP) is 5.50. The van der Waals surface area contributed by atoms with E-state index in [9.17, 15) is 23.3 Å². The van der Waals surface area contributed by atoms with Crippen molar-refractivity contribution >= 4 is 27.3 Å². The Bertz CT molecular complexity index is 1790. The van der Waals surface area contributed by atoms with Crippen LogP contribution in [0.1, 0.15) is 45.6 Å². The van der Waals surface area contributed by atoms with Gasteiger partial charge in [0.2, 0.25) is 15.9 Å². The van der Waals surface area contributed by atoms with Crippen molar-refractivity contribution in [2.45, 2.75) is 51.5 Å². The molecule has 1 aromatic heterocycles. The molecule has 0 bridgehead atoms. The molecule has 11 nitrogen and oxygen atoms in total. The first-order valence-electron chi connectivity index (χ1n) is 13.0. The van der Waals surface area contributed by atoms with E-state index < -0.39 is 26.5 Å². The molecule has 0 unspecified atom stereocenters. The molecule has 3 aromatic carbocycles. The molecule has 0 spiro atoms. The number of nitrogens with one attached hydrogen (secondary N) is 2. The number of hydrogen-bond donors (Lipinski definition) is 2. The van der Waals surface area contributed by atoms with E-state index in [1.165, 1.54) is 16.8 Å². The number of anilines is 1. The van der Waals surface area contributed by atoms with Gasteiger partial charge in [0.05, 0.1) is 10.6 Å². The molecule has 1 aliphatic rings. The van der Waals surface area contributed by atoms with E-state index in [2.05, 4.69) is 15.1 Å². The fourth-order valence-corrected chi connectivity index (χ4v) is 5.80. The number of non-ortho nitro benzene ring substituents is 1. The van der Waals surface area contributed by atoms with E-state index in [-0.39, 0.29) is 28.3 Å².